The van der Waals surface area contributed by atoms with Crippen molar-refractivity contribution in [2.24, 2.45) is 0 Å². The van der Waals surface area contributed by atoms with Crippen LogP contribution >= 0.6 is 0 Å². The number of hydrogen-bond acceptors (Lipinski definition) is 4. The van der Waals surface area contributed by atoms with Crippen LogP contribution in [0.25, 0.3) is 0 Å². The summed E-state index contributed by atoms with van der Waals surface area (Å²) in [6.45, 7) is 2.90. The average molecular weight is 236 g/mol. The quantitative estimate of drug-likeness (QED) is 0.587. The lowest BCUT2D eigenvalue weighted by Crippen LogP contribution is -2.21. The van der Waals surface area contributed by atoms with Gasteiger partial charge in [-0.1, -0.05) is 0 Å². The van der Waals surface area contributed by atoms with E-state index in [1.165, 1.54) is 12.7 Å². The zero-order chi connectivity index (χ0) is 11.7. The van der Waals surface area contributed by atoms with Gasteiger partial charge in [-0.3, -0.25) is 0 Å². The highest BCUT2D eigenvalue weighted by Crippen LogP contribution is 1.90. The molecule has 4 nitrogen and oxygen atoms in total. The van der Waals surface area contributed by atoms with Crippen molar-refractivity contribution in [3.05, 3.63) is 0 Å². The second-order valence-corrected chi connectivity index (χ2v) is 6.50. The molecule has 0 bridgehead atoms. The molecule has 0 aliphatic heterocycles. The lowest BCUT2D eigenvalue weighted by Gasteiger charge is -2.09. The van der Waals surface area contributed by atoms with Crippen molar-refractivity contribution in [3.63, 3.8) is 0 Å². The Hall–Kier alpha value is -0.130. The third-order valence-electron chi connectivity index (χ3n) is 2.08. The maximum Gasteiger partial charge on any atom is 0.147 e. The molecule has 0 unspecified atom stereocenters. The van der Waals surface area contributed by atoms with Crippen molar-refractivity contribution in [3.8, 4) is 0 Å². The molecule has 0 atom stereocenters. The predicted octanol–water partition coefficient (Wildman–Crippen LogP) is 0.353. The van der Waals surface area contributed by atoms with Crippen molar-refractivity contribution >= 4 is 9.84 Å². The Bertz CT molecular complexity index is 238. The third-order valence-corrected chi connectivity index (χ3v) is 3.11. The predicted molar refractivity (Wildman–Crippen MR) is 65.0 cm³/mol. The molecule has 0 fully saturated rings. The van der Waals surface area contributed by atoms with Crippen LogP contribution in [-0.2, 0) is 9.84 Å². The normalized spacial score (nSPS) is 12.3. The topological polar surface area (TPSA) is 49.4 Å². The summed E-state index contributed by atoms with van der Waals surface area (Å²) in [6.07, 6.45) is 4.33. The summed E-state index contributed by atoms with van der Waals surface area (Å²) in [5.41, 5.74) is 0. The van der Waals surface area contributed by atoms with Gasteiger partial charge in [0, 0.05) is 6.26 Å². The summed E-state index contributed by atoms with van der Waals surface area (Å²) in [7, 11) is 1.36. The minimum Gasteiger partial charge on any atom is -0.317 e. The molecule has 0 saturated heterocycles. The highest BCUT2D eigenvalue weighted by molar-refractivity contribution is 7.90. The molecule has 0 radical (unpaired) electrons. The van der Waals surface area contributed by atoms with E-state index in [9.17, 15) is 8.42 Å². The summed E-state index contributed by atoms with van der Waals surface area (Å²) in [5.74, 6) is 0.289. The average Bonchev–Trinajstić information content (AvgIpc) is 2.07. The monoisotopic (exact) mass is 236 g/mol. The van der Waals surface area contributed by atoms with Crippen LogP contribution in [0.15, 0.2) is 0 Å². The van der Waals surface area contributed by atoms with Gasteiger partial charge in [0.25, 0.3) is 0 Å². The fourth-order valence-electron chi connectivity index (χ4n) is 1.26. The molecule has 0 amide bonds. The molecular formula is C10H24N2O2S. The SMILES string of the molecule is CN(C)CCCCNCCCS(C)(=O)=O. The number of nitrogens with zero attached hydrogens (tertiary/aromatic N) is 1. The van der Waals surface area contributed by atoms with Gasteiger partial charge in [0.05, 0.1) is 5.75 Å². The first-order valence-electron chi connectivity index (χ1n) is 5.45. The van der Waals surface area contributed by atoms with Gasteiger partial charge in [0.15, 0.2) is 0 Å². The molecule has 0 aliphatic rings. The van der Waals surface area contributed by atoms with E-state index in [0.29, 0.717) is 6.42 Å². The molecular weight excluding hydrogens is 212 g/mol. The van der Waals surface area contributed by atoms with Crippen LogP contribution in [0.2, 0.25) is 0 Å². The molecule has 0 aliphatic carbocycles. The number of hydrogen-bond donors (Lipinski definition) is 1. The Morgan fingerprint density at radius 3 is 2.20 bits per heavy atom. The first-order valence-corrected chi connectivity index (χ1v) is 7.51. The molecule has 0 heterocycles. The summed E-state index contributed by atoms with van der Waals surface area (Å²) in [5, 5.41) is 3.25. The Labute approximate surface area is 94.0 Å². The van der Waals surface area contributed by atoms with Crippen LogP contribution in [0, 0.1) is 0 Å². The molecule has 92 valence electrons. The van der Waals surface area contributed by atoms with Gasteiger partial charge in [0.2, 0.25) is 0 Å². The van der Waals surface area contributed by atoms with E-state index in [1.54, 1.807) is 0 Å². The Morgan fingerprint density at radius 2 is 1.67 bits per heavy atom. The highest BCUT2D eigenvalue weighted by Gasteiger charge is 2.00. The fraction of sp³-hybridized carbons (Fsp3) is 1.00. The molecule has 0 saturated carbocycles. The van der Waals surface area contributed by atoms with E-state index in [1.807, 2.05) is 0 Å². The maximum absolute atomic E-state index is 10.8. The van der Waals surface area contributed by atoms with Gasteiger partial charge in [-0.15, -0.1) is 0 Å². The van der Waals surface area contributed by atoms with E-state index in [-0.39, 0.29) is 5.75 Å². The van der Waals surface area contributed by atoms with Crippen molar-refractivity contribution in [2.75, 3.05) is 45.7 Å². The Morgan fingerprint density at radius 1 is 1.07 bits per heavy atom. The molecule has 1 N–H and O–H groups in total. The van der Waals surface area contributed by atoms with Crippen LogP contribution in [0.1, 0.15) is 19.3 Å². The van der Waals surface area contributed by atoms with Crippen molar-refractivity contribution in [2.45, 2.75) is 19.3 Å². The number of sulfone groups is 1. The Balaban J connectivity index is 3.12. The second-order valence-electron chi connectivity index (χ2n) is 4.24. The molecule has 0 rings (SSSR count). The standard InChI is InChI=1S/C10H24N2O2S/c1-12(2)9-5-4-7-11-8-6-10-15(3,13)14/h11H,4-10H2,1-3H3. The van der Waals surface area contributed by atoms with E-state index in [4.69, 9.17) is 0 Å². The van der Waals surface area contributed by atoms with Crippen LogP contribution in [0.5, 0.6) is 0 Å². The number of unbranched alkanes of at least 4 members (excludes halogenated alkanes) is 1. The molecule has 5 heteroatoms. The molecule has 15 heavy (non-hydrogen) atoms. The Kier molecular flexibility index (Phi) is 8.00. The summed E-state index contributed by atoms with van der Waals surface area (Å²) >= 11 is 0. The van der Waals surface area contributed by atoms with Crippen molar-refractivity contribution < 1.29 is 8.42 Å². The summed E-state index contributed by atoms with van der Waals surface area (Å²) < 4.78 is 21.6. The van der Waals surface area contributed by atoms with E-state index in [2.05, 4.69) is 24.3 Å². The number of nitrogens with one attached hydrogen (secondary N) is 1. The maximum atomic E-state index is 10.8. The zero-order valence-electron chi connectivity index (χ0n) is 10.1. The van der Waals surface area contributed by atoms with Crippen LogP contribution in [-0.4, -0.2) is 59.1 Å². The van der Waals surface area contributed by atoms with Gasteiger partial charge >= 0.3 is 0 Å². The van der Waals surface area contributed by atoms with E-state index < -0.39 is 9.84 Å². The van der Waals surface area contributed by atoms with Gasteiger partial charge in [0.1, 0.15) is 9.84 Å². The lowest BCUT2D eigenvalue weighted by molar-refractivity contribution is 0.392. The molecule has 0 aromatic heterocycles. The zero-order valence-corrected chi connectivity index (χ0v) is 10.9. The number of rotatable bonds is 9. The van der Waals surface area contributed by atoms with Gasteiger partial charge < -0.3 is 10.2 Å². The summed E-state index contributed by atoms with van der Waals surface area (Å²) in [6, 6.07) is 0. The van der Waals surface area contributed by atoms with Crippen LogP contribution < -0.4 is 5.32 Å². The molecule has 0 aromatic rings. The van der Waals surface area contributed by atoms with Crippen LogP contribution in [0.3, 0.4) is 0 Å². The molecule has 0 spiro atoms. The minimum atomic E-state index is -2.78. The largest absolute Gasteiger partial charge is 0.317 e. The first-order chi connectivity index (χ1) is 6.92. The smallest absolute Gasteiger partial charge is 0.147 e. The van der Waals surface area contributed by atoms with Gasteiger partial charge in [-0.2, -0.15) is 0 Å². The van der Waals surface area contributed by atoms with E-state index >= 15 is 0 Å². The highest BCUT2D eigenvalue weighted by atomic mass is 32.2. The fourth-order valence-corrected chi connectivity index (χ4v) is 1.93. The van der Waals surface area contributed by atoms with Crippen molar-refractivity contribution in [1.82, 2.24) is 10.2 Å². The summed E-state index contributed by atoms with van der Waals surface area (Å²) in [4.78, 5) is 2.17. The van der Waals surface area contributed by atoms with Crippen LogP contribution in [0.4, 0.5) is 0 Å². The lowest BCUT2D eigenvalue weighted by atomic mass is 10.3. The second kappa shape index (κ2) is 8.07. The minimum absolute atomic E-state index is 0.289. The van der Waals surface area contributed by atoms with Gasteiger partial charge in [-0.05, 0) is 53.0 Å². The van der Waals surface area contributed by atoms with E-state index in [0.717, 1.165) is 26.1 Å². The van der Waals surface area contributed by atoms with Gasteiger partial charge in [-0.25, -0.2) is 8.42 Å². The molecule has 0 aromatic carbocycles. The first kappa shape index (κ1) is 14.9. The van der Waals surface area contributed by atoms with Crippen molar-refractivity contribution in [1.29, 1.82) is 0 Å². The third kappa shape index (κ3) is 13.9.